The summed E-state index contributed by atoms with van der Waals surface area (Å²) in [5.74, 6) is 0.571. The lowest BCUT2D eigenvalue weighted by Gasteiger charge is -2.21. The van der Waals surface area contributed by atoms with Crippen LogP contribution in [0, 0.1) is 0 Å². The van der Waals surface area contributed by atoms with E-state index in [4.69, 9.17) is 0 Å². The maximum absolute atomic E-state index is 12.3. The third-order valence-electron chi connectivity index (χ3n) is 4.58. The van der Waals surface area contributed by atoms with E-state index in [1.165, 1.54) is 44.1 Å². The fraction of sp³-hybridized carbons (Fsp3) is 0.632. The topological polar surface area (TPSA) is 41.1 Å². The van der Waals surface area contributed by atoms with Crippen LogP contribution in [0.3, 0.4) is 0 Å². The molecule has 1 saturated carbocycles. The number of carbonyl (C=O) groups excluding carboxylic acids is 1. The minimum absolute atomic E-state index is 0.0570. The van der Waals surface area contributed by atoms with Crippen molar-refractivity contribution in [3.05, 3.63) is 29.8 Å². The SMILES string of the molecule is CC(C)c1ccc(NC(=O)[C@H](C)NC2CCCCCC2)cc1. The molecule has 1 aliphatic rings. The van der Waals surface area contributed by atoms with Crippen LogP contribution in [0.25, 0.3) is 0 Å². The molecule has 1 aromatic rings. The van der Waals surface area contributed by atoms with Crippen molar-refractivity contribution < 1.29 is 4.79 Å². The summed E-state index contributed by atoms with van der Waals surface area (Å²) in [6.45, 7) is 6.31. The van der Waals surface area contributed by atoms with Crippen molar-refractivity contribution in [1.29, 1.82) is 0 Å². The van der Waals surface area contributed by atoms with Crippen molar-refractivity contribution in [1.82, 2.24) is 5.32 Å². The molecule has 0 spiro atoms. The fourth-order valence-electron chi connectivity index (χ4n) is 3.08. The van der Waals surface area contributed by atoms with Crippen LogP contribution < -0.4 is 10.6 Å². The summed E-state index contributed by atoms with van der Waals surface area (Å²) in [5, 5.41) is 6.51. The van der Waals surface area contributed by atoms with E-state index in [1.54, 1.807) is 0 Å². The lowest BCUT2D eigenvalue weighted by Crippen LogP contribution is -2.43. The molecule has 0 aliphatic heterocycles. The highest BCUT2D eigenvalue weighted by Gasteiger charge is 2.19. The first-order valence-electron chi connectivity index (χ1n) is 8.73. The summed E-state index contributed by atoms with van der Waals surface area (Å²) in [5.41, 5.74) is 2.17. The maximum Gasteiger partial charge on any atom is 0.241 e. The summed E-state index contributed by atoms with van der Waals surface area (Å²) in [4.78, 5) is 12.3. The minimum Gasteiger partial charge on any atom is -0.325 e. The molecule has 3 nitrogen and oxygen atoms in total. The van der Waals surface area contributed by atoms with E-state index in [0.717, 1.165) is 5.69 Å². The Morgan fingerprint density at radius 2 is 1.59 bits per heavy atom. The van der Waals surface area contributed by atoms with Gasteiger partial charge >= 0.3 is 0 Å². The van der Waals surface area contributed by atoms with Crippen molar-refractivity contribution in [2.75, 3.05) is 5.32 Å². The molecule has 0 saturated heterocycles. The lowest BCUT2D eigenvalue weighted by molar-refractivity contribution is -0.118. The zero-order valence-corrected chi connectivity index (χ0v) is 14.2. The van der Waals surface area contributed by atoms with E-state index in [0.29, 0.717) is 12.0 Å². The second kappa shape index (κ2) is 8.33. The summed E-state index contributed by atoms with van der Waals surface area (Å²) in [6.07, 6.45) is 7.62. The molecule has 2 rings (SSSR count). The standard InChI is InChI=1S/C19H30N2O/c1-14(2)16-10-12-18(13-11-16)21-19(22)15(3)20-17-8-6-4-5-7-9-17/h10-15,17,20H,4-9H2,1-3H3,(H,21,22)/t15-/m0/s1. The highest BCUT2D eigenvalue weighted by atomic mass is 16.2. The Morgan fingerprint density at radius 3 is 2.14 bits per heavy atom. The van der Waals surface area contributed by atoms with E-state index in [2.05, 4.69) is 36.6 Å². The Kier molecular flexibility index (Phi) is 6.44. The Bertz CT molecular complexity index is 459. The van der Waals surface area contributed by atoms with Gasteiger partial charge in [0.15, 0.2) is 0 Å². The molecule has 1 aromatic carbocycles. The van der Waals surface area contributed by atoms with Gasteiger partial charge in [0.1, 0.15) is 0 Å². The largest absolute Gasteiger partial charge is 0.325 e. The average molecular weight is 302 g/mol. The predicted molar refractivity (Wildman–Crippen MR) is 93.2 cm³/mol. The Morgan fingerprint density at radius 1 is 1.00 bits per heavy atom. The zero-order chi connectivity index (χ0) is 15.9. The van der Waals surface area contributed by atoms with Crippen LogP contribution in [0.15, 0.2) is 24.3 Å². The molecular formula is C19H30N2O. The van der Waals surface area contributed by atoms with Gasteiger partial charge in [-0.25, -0.2) is 0 Å². The van der Waals surface area contributed by atoms with Crippen LogP contribution in [0.4, 0.5) is 5.69 Å². The molecule has 0 unspecified atom stereocenters. The summed E-state index contributed by atoms with van der Waals surface area (Å²) in [7, 11) is 0. The monoisotopic (exact) mass is 302 g/mol. The van der Waals surface area contributed by atoms with Gasteiger partial charge in [-0.05, 0) is 43.4 Å². The van der Waals surface area contributed by atoms with Gasteiger partial charge in [-0.1, -0.05) is 51.7 Å². The van der Waals surface area contributed by atoms with Gasteiger partial charge in [0.25, 0.3) is 0 Å². The number of nitrogens with one attached hydrogen (secondary N) is 2. The van der Waals surface area contributed by atoms with E-state index in [9.17, 15) is 4.79 Å². The van der Waals surface area contributed by atoms with Crippen molar-refractivity contribution in [3.8, 4) is 0 Å². The molecule has 22 heavy (non-hydrogen) atoms. The summed E-state index contributed by atoms with van der Waals surface area (Å²) < 4.78 is 0. The number of amides is 1. The normalized spacial score (nSPS) is 18.0. The van der Waals surface area contributed by atoms with Crippen molar-refractivity contribution in [3.63, 3.8) is 0 Å². The molecule has 122 valence electrons. The molecule has 1 fully saturated rings. The van der Waals surface area contributed by atoms with Gasteiger partial charge in [-0.3, -0.25) is 4.79 Å². The number of rotatable bonds is 5. The van der Waals surface area contributed by atoms with Crippen molar-refractivity contribution >= 4 is 11.6 Å². The maximum atomic E-state index is 12.3. The van der Waals surface area contributed by atoms with Gasteiger partial charge in [0.05, 0.1) is 6.04 Å². The highest BCUT2D eigenvalue weighted by molar-refractivity contribution is 5.94. The molecule has 0 aromatic heterocycles. The Balaban J connectivity index is 1.84. The molecule has 1 atom stereocenters. The first-order chi connectivity index (χ1) is 10.6. The second-order valence-electron chi connectivity index (χ2n) is 6.84. The molecular weight excluding hydrogens is 272 g/mol. The Labute approximate surface area is 134 Å². The number of anilines is 1. The van der Waals surface area contributed by atoms with Crippen LogP contribution in [0.1, 0.15) is 70.8 Å². The number of carbonyl (C=O) groups is 1. The van der Waals surface area contributed by atoms with E-state index in [1.807, 2.05) is 19.1 Å². The molecule has 0 bridgehead atoms. The zero-order valence-electron chi connectivity index (χ0n) is 14.2. The average Bonchev–Trinajstić information content (AvgIpc) is 2.76. The first-order valence-corrected chi connectivity index (χ1v) is 8.73. The van der Waals surface area contributed by atoms with Crippen molar-refractivity contribution in [2.45, 2.75) is 77.3 Å². The lowest BCUT2D eigenvalue weighted by atomic mass is 10.0. The van der Waals surface area contributed by atoms with Gasteiger partial charge in [0, 0.05) is 11.7 Å². The van der Waals surface area contributed by atoms with Gasteiger partial charge < -0.3 is 10.6 Å². The van der Waals surface area contributed by atoms with E-state index < -0.39 is 0 Å². The molecule has 0 heterocycles. The molecule has 2 N–H and O–H groups in total. The number of benzene rings is 1. The number of hydrogen-bond donors (Lipinski definition) is 2. The molecule has 1 aliphatic carbocycles. The van der Waals surface area contributed by atoms with E-state index in [-0.39, 0.29) is 11.9 Å². The second-order valence-corrected chi connectivity index (χ2v) is 6.84. The van der Waals surface area contributed by atoms with Crippen LogP contribution in [-0.4, -0.2) is 18.0 Å². The molecule has 3 heteroatoms. The van der Waals surface area contributed by atoms with Crippen molar-refractivity contribution in [2.24, 2.45) is 0 Å². The molecule has 1 amide bonds. The quantitative estimate of drug-likeness (QED) is 0.789. The summed E-state index contributed by atoms with van der Waals surface area (Å²) in [6, 6.07) is 8.50. The Hall–Kier alpha value is -1.35. The predicted octanol–water partition coefficient (Wildman–Crippen LogP) is 4.45. The van der Waals surface area contributed by atoms with Crippen LogP contribution in [0.2, 0.25) is 0 Å². The third-order valence-corrected chi connectivity index (χ3v) is 4.58. The van der Waals surface area contributed by atoms with Gasteiger partial charge in [-0.2, -0.15) is 0 Å². The first kappa shape index (κ1) is 17.0. The summed E-state index contributed by atoms with van der Waals surface area (Å²) >= 11 is 0. The highest BCUT2D eigenvalue weighted by Crippen LogP contribution is 2.19. The van der Waals surface area contributed by atoms with Crippen LogP contribution in [-0.2, 0) is 4.79 Å². The molecule has 0 radical (unpaired) electrons. The number of hydrogen-bond acceptors (Lipinski definition) is 2. The third kappa shape index (κ3) is 5.13. The van der Waals surface area contributed by atoms with Crippen LogP contribution in [0.5, 0.6) is 0 Å². The smallest absolute Gasteiger partial charge is 0.241 e. The minimum atomic E-state index is -0.145. The van der Waals surface area contributed by atoms with E-state index >= 15 is 0 Å². The fourth-order valence-corrected chi connectivity index (χ4v) is 3.08. The van der Waals surface area contributed by atoms with Gasteiger partial charge in [0.2, 0.25) is 5.91 Å². The van der Waals surface area contributed by atoms with Crippen LogP contribution >= 0.6 is 0 Å². The van der Waals surface area contributed by atoms with Gasteiger partial charge in [-0.15, -0.1) is 0 Å².